The van der Waals surface area contributed by atoms with Gasteiger partial charge in [0.05, 0.1) is 10.5 Å². The van der Waals surface area contributed by atoms with Crippen LogP contribution in [0.1, 0.15) is 31.1 Å². The van der Waals surface area contributed by atoms with E-state index in [0.717, 1.165) is 12.1 Å². The molecule has 1 aromatic rings. The van der Waals surface area contributed by atoms with Gasteiger partial charge >= 0.3 is 14.8 Å². The minimum absolute atomic E-state index is 0.0422. The van der Waals surface area contributed by atoms with Crippen molar-refractivity contribution in [2.75, 3.05) is 26.1 Å². The molecule has 1 rings (SSSR count). The van der Waals surface area contributed by atoms with Crippen molar-refractivity contribution in [3.05, 3.63) is 39.9 Å². The fourth-order valence-electron chi connectivity index (χ4n) is 1.65. The van der Waals surface area contributed by atoms with E-state index in [0.29, 0.717) is 19.8 Å². The summed E-state index contributed by atoms with van der Waals surface area (Å²) in [6, 6.07) is 4.70. The van der Waals surface area contributed by atoms with Gasteiger partial charge in [-0.1, -0.05) is 0 Å². The van der Waals surface area contributed by atoms with Gasteiger partial charge in [-0.05, 0) is 32.9 Å². The van der Waals surface area contributed by atoms with E-state index in [2.05, 4.69) is 0 Å². The van der Waals surface area contributed by atoms with E-state index in [1.807, 2.05) is 20.8 Å². The third-order valence-electron chi connectivity index (χ3n) is 2.61. The molecule has 0 atom stereocenters. The molecular weight excluding hydrogens is 338 g/mol. The molecule has 0 bridgehead atoms. The molecule has 9 nitrogen and oxygen atoms in total. The van der Waals surface area contributed by atoms with Crippen molar-refractivity contribution in [1.29, 1.82) is 0 Å². The largest absolute Gasteiger partial charge is 0.527 e. The van der Waals surface area contributed by atoms with Crippen LogP contribution in [0.2, 0.25) is 0 Å². The maximum atomic E-state index is 10.3. The van der Waals surface area contributed by atoms with Crippen molar-refractivity contribution >= 4 is 20.5 Å². The van der Waals surface area contributed by atoms with Crippen molar-refractivity contribution in [2.24, 2.45) is 0 Å². The molecule has 0 spiro atoms. The van der Waals surface area contributed by atoms with E-state index in [9.17, 15) is 14.9 Å². The molecule has 1 aromatic carbocycles. The molecule has 0 radical (unpaired) electrons. The molecule has 0 unspecified atom stereocenters. The Kier molecular flexibility index (Phi) is 10.7. The maximum absolute atomic E-state index is 10.3. The Morgan fingerprint density at radius 2 is 1.50 bits per heavy atom. The van der Waals surface area contributed by atoms with E-state index in [1.54, 1.807) is 0 Å². The van der Waals surface area contributed by atoms with Crippen molar-refractivity contribution in [3.8, 4) is 0 Å². The molecular formula is C14H23NO8Si. The predicted molar refractivity (Wildman–Crippen MR) is 87.8 cm³/mol. The fraction of sp³-hybridized carbons (Fsp3) is 0.500. The number of nitro groups is 1. The first-order valence-electron chi connectivity index (χ1n) is 7.36. The van der Waals surface area contributed by atoms with Crippen LogP contribution in [0.15, 0.2) is 24.3 Å². The molecule has 24 heavy (non-hydrogen) atoms. The highest BCUT2D eigenvalue weighted by Crippen LogP contribution is 2.11. The number of carbonyl (C=O) groups is 1. The maximum Gasteiger partial charge on any atom is 0.527 e. The zero-order chi connectivity index (χ0) is 18.6. The minimum Gasteiger partial charge on any atom is -0.478 e. The van der Waals surface area contributed by atoms with Crippen molar-refractivity contribution in [3.63, 3.8) is 0 Å². The van der Waals surface area contributed by atoms with Gasteiger partial charge in [-0.15, -0.1) is 0 Å². The standard InChI is InChI=1S/C7H5NO4.C7H18O4Si/c9-7(10)5-1-3-6(4-2-5)8(11)12;1-4-9-12(7-8,10-5-2)11-6-3/h1-4H,(H,9,10);8H,4-7H2,1-3H3. The normalized spacial score (nSPS) is 10.7. The van der Waals surface area contributed by atoms with Gasteiger partial charge in [0.25, 0.3) is 5.69 Å². The van der Waals surface area contributed by atoms with Gasteiger partial charge in [0.1, 0.15) is 6.23 Å². The molecule has 0 amide bonds. The summed E-state index contributed by atoms with van der Waals surface area (Å²) in [5.74, 6) is -1.09. The molecule has 0 aliphatic carbocycles. The van der Waals surface area contributed by atoms with Gasteiger partial charge in [-0.3, -0.25) is 10.1 Å². The smallest absolute Gasteiger partial charge is 0.478 e. The molecule has 2 N–H and O–H groups in total. The number of hydrogen-bond donors (Lipinski definition) is 2. The number of aromatic carboxylic acids is 1. The summed E-state index contributed by atoms with van der Waals surface area (Å²) in [4.78, 5) is 19.9. The number of nitrogens with zero attached hydrogens (tertiary/aromatic N) is 1. The SMILES string of the molecule is CCO[Si](CO)(OCC)OCC.O=C(O)c1ccc([N+](=O)[O-])cc1. The Hall–Kier alpha value is -1.85. The molecule has 0 saturated carbocycles. The Balaban J connectivity index is 0.000000441. The first-order chi connectivity index (χ1) is 11.4. The topological polar surface area (TPSA) is 128 Å². The molecule has 10 heteroatoms. The number of carboxylic acids is 1. The number of nitro benzene ring substituents is 1. The number of carboxylic acid groups (broad SMARTS) is 1. The van der Waals surface area contributed by atoms with Gasteiger partial charge < -0.3 is 23.5 Å². The summed E-state index contributed by atoms with van der Waals surface area (Å²) >= 11 is 0. The van der Waals surface area contributed by atoms with Gasteiger partial charge in [0.15, 0.2) is 0 Å². The number of aliphatic hydroxyl groups excluding tert-OH is 1. The van der Waals surface area contributed by atoms with Crippen molar-refractivity contribution in [1.82, 2.24) is 0 Å². The highest BCUT2D eigenvalue weighted by atomic mass is 28.4. The number of benzene rings is 1. The van der Waals surface area contributed by atoms with Gasteiger partial charge in [-0.25, -0.2) is 4.79 Å². The van der Waals surface area contributed by atoms with Crippen LogP contribution in [0.4, 0.5) is 5.69 Å². The lowest BCUT2D eigenvalue weighted by atomic mass is 10.2. The number of aliphatic hydroxyl groups is 1. The Labute approximate surface area is 141 Å². The minimum atomic E-state index is -2.71. The molecule has 136 valence electrons. The molecule has 0 aromatic heterocycles. The second-order valence-electron chi connectivity index (χ2n) is 4.25. The average Bonchev–Trinajstić information content (AvgIpc) is 2.56. The molecule has 0 saturated heterocycles. The number of hydrogen-bond acceptors (Lipinski definition) is 7. The Morgan fingerprint density at radius 1 is 1.08 bits per heavy atom. The summed E-state index contributed by atoms with van der Waals surface area (Å²) in [7, 11) is -2.71. The van der Waals surface area contributed by atoms with E-state index in [4.69, 9.17) is 23.5 Å². The van der Waals surface area contributed by atoms with Crippen LogP contribution in [0.25, 0.3) is 0 Å². The van der Waals surface area contributed by atoms with Crippen LogP contribution in [0.3, 0.4) is 0 Å². The monoisotopic (exact) mass is 361 g/mol. The highest BCUT2D eigenvalue weighted by molar-refractivity contribution is 6.60. The third-order valence-corrected chi connectivity index (χ3v) is 5.18. The second-order valence-corrected chi connectivity index (χ2v) is 6.80. The lowest BCUT2D eigenvalue weighted by Crippen LogP contribution is -2.50. The van der Waals surface area contributed by atoms with Crippen molar-refractivity contribution < 1.29 is 33.2 Å². The summed E-state index contributed by atoms with van der Waals surface area (Å²) in [5, 5.41) is 27.6. The zero-order valence-corrected chi connectivity index (χ0v) is 14.9. The lowest BCUT2D eigenvalue weighted by molar-refractivity contribution is -0.384. The van der Waals surface area contributed by atoms with E-state index >= 15 is 0 Å². The predicted octanol–water partition coefficient (Wildman–Crippen LogP) is 1.86. The van der Waals surface area contributed by atoms with Gasteiger partial charge in [0, 0.05) is 32.0 Å². The first-order valence-corrected chi connectivity index (χ1v) is 9.29. The number of non-ortho nitro benzene ring substituents is 1. The summed E-state index contributed by atoms with van der Waals surface area (Å²) in [5.41, 5.74) is -0.0689. The van der Waals surface area contributed by atoms with Gasteiger partial charge in [-0.2, -0.15) is 0 Å². The Bertz CT molecular complexity index is 458. The zero-order valence-electron chi connectivity index (χ0n) is 13.9. The molecule has 0 aliphatic heterocycles. The van der Waals surface area contributed by atoms with Crippen LogP contribution in [-0.2, 0) is 13.3 Å². The summed E-state index contributed by atoms with van der Waals surface area (Å²) < 4.78 is 15.9. The fourth-order valence-corrected chi connectivity index (χ4v) is 3.49. The van der Waals surface area contributed by atoms with E-state index in [1.165, 1.54) is 12.1 Å². The lowest BCUT2D eigenvalue weighted by Gasteiger charge is -2.25. The van der Waals surface area contributed by atoms with Gasteiger partial charge in [0.2, 0.25) is 0 Å². The molecule has 0 aliphatic rings. The second kappa shape index (κ2) is 11.6. The van der Waals surface area contributed by atoms with Crippen LogP contribution in [0.5, 0.6) is 0 Å². The van der Waals surface area contributed by atoms with Crippen LogP contribution in [0, 0.1) is 10.1 Å². The quantitative estimate of drug-likeness (QED) is 0.387. The van der Waals surface area contributed by atoms with Crippen molar-refractivity contribution in [2.45, 2.75) is 20.8 Å². The molecule has 0 heterocycles. The highest BCUT2D eigenvalue weighted by Gasteiger charge is 2.39. The number of rotatable bonds is 9. The van der Waals surface area contributed by atoms with Crippen LogP contribution in [-0.4, -0.2) is 56.0 Å². The first kappa shape index (κ1) is 22.1. The summed E-state index contributed by atoms with van der Waals surface area (Å²) in [6.45, 7) is 7.09. The van der Waals surface area contributed by atoms with E-state index < -0.39 is 19.7 Å². The average molecular weight is 361 g/mol. The third kappa shape index (κ3) is 7.61. The summed E-state index contributed by atoms with van der Waals surface area (Å²) in [6.07, 6.45) is -0.150. The van der Waals surface area contributed by atoms with E-state index in [-0.39, 0.29) is 17.5 Å². The molecule has 0 fully saturated rings. The van der Waals surface area contributed by atoms with Crippen LogP contribution < -0.4 is 0 Å². The Morgan fingerprint density at radius 3 is 1.75 bits per heavy atom. The van der Waals surface area contributed by atoms with Crippen LogP contribution >= 0.6 is 0 Å².